The maximum absolute atomic E-state index is 13.0. The molecule has 0 saturated carbocycles. The van der Waals surface area contributed by atoms with Crippen molar-refractivity contribution in [1.82, 2.24) is 8.87 Å². The van der Waals surface area contributed by atoms with E-state index in [0.717, 1.165) is 53.5 Å². The van der Waals surface area contributed by atoms with E-state index in [0.29, 0.717) is 13.1 Å². The zero-order chi connectivity index (χ0) is 21.7. The summed E-state index contributed by atoms with van der Waals surface area (Å²) in [4.78, 5) is 25.0. The lowest BCUT2D eigenvalue weighted by Crippen LogP contribution is -2.33. The predicted molar refractivity (Wildman–Crippen MR) is 117 cm³/mol. The molecule has 0 bridgehead atoms. The number of sulfonamides is 1. The maximum atomic E-state index is 13.0. The van der Waals surface area contributed by atoms with Crippen molar-refractivity contribution in [3.05, 3.63) is 58.0 Å². The summed E-state index contributed by atoms with van der Waals surface area (Å²) in [6, 6.07) is 8.33. The summed E-state index contributed by atoms with van der Waals surface area (Å²) in [5.41, 5.74) is 2.27. The molecule has 0 spiro atoms. The van der Waals surface area contributed by atoms with Crippen LogP contribution in [0.15, 0.2) is 46.2 Å². The van der Waals surface area contributed by atoms with Crippen molar-refractivity contribution in [2.75, 3.05) is 18.4 Å². The van der Waals surface area contributed by atoms with E-state index < -0.39 is 15.6 Å². The molecular formula is C22H29N3O4S. The highest BCUT2D eigenvalue weighted by Crippen LogP contribution is 2.22. The number of carbonyl (C=O) groups is 1. The number of hydrogen-bond donors (Lipinski definition) is 1. The van der Waals surface area contributed by atoms with Gasteiger partial charge in [-0.05, 0) is 43.4 Å². The predicted octanol–water partition coefficient (Wildman–Crippen LogP) is 2.92. The molecule has 1 N–H and O–H groups in total. The number of amides is 1. The number of hydrogen-bond acceptors (Lipinski definition) is 4. The van der Waals surface area contributed by atoms with Gasteiger partial charge in [0.2, 0.25) is 15.9 Å². The van der Waals surface area contributed by atoms with Gasteiger partial charge in [-0.15, -0.1) is 0 Å². The number of nitrogens with zero attached hydrogens (tertiary/aromatic N) is 2. The average Bonchev–Trinajstić information content (AvgIpc) is 3.01. The van der Waals surface area contributed by atoms with E-state index in [2.05, 4.69) is 5.32 Å². The second-order valence-corrected chi connectivity index (χ2v) is 9.60. The third-order valence-electron chi connectivity index (χ3n) is 5.48. The van der Waals surface area contributed by atoms with Crippen LogP contribution in [0.4, 0.5) is 5.69 Å². The molecule has 0 aliphatic carbocycles. The van der Waals surface area contributed by atoms with Gasteiger partial charge in [0.15, 0.2) is 0 Å². The minimum atomic E-state index is -3.69. The molecule has 0 unspecified atom stereocenters. The van der Waals surface area contributed by atoms with Gasteiger partial charge in [-0.3, -0.25) is 9.59 Å². The molecule has 1 amide bonds. The zero-order valence-corrected chi connectivity index (χ0v) is 18.4. The van der Waals surface area contributed by atoms with Crippen LogP contribution in [0.3, 0.4) is 0 Å². The minimum absolute atomic E-state index is 0.0435. The van der Waals surface area contributed by atoms with E-state index in [1.165, 1.54) is 22.6 Å². The molecule has 1 aromatic heterocycles. The van der Waals surface area contributed by atoms with Gasteiger partial charge in [0.05, 0.1) is 4.90 Å². The van der Waals surface area contributed by atoms with Crippen LogP contribution in [0, 0.1) is 6.92 Å². The lowest BCUT2D eigenvalue weighted by Gasteiger charge is -2.20. The summed E-state index contributed by atoms with van der Waals surface area (Å²) >= 11 is 0. The molecule has 0 radical (unpaired) electrons. The number of aromatic nitrogens is 1. The molecule has 2 aromatic rings. The summed E-state index contributed by atoms with van der Waals surface area (Å²) in [6.45, 7) is 4.63. The summed E-state index contributed by atoms with van der Waals surface area (Å²) < 4.78 is 28.7. The molecule has 1 saturated heterocycles. The smallest absolute Gasteiger partial charge is 0.251 e. The van der Waals surface area contributed by atoms with Crippen molar-refractivity contribution in [1.29, 1.82) is 0 Å². The van der Waals surface area contributed by atoms with Crippen LogP contribution in [-0.4, -0.2) is 36.3 Å². The highest BCUT2D eigenvalue weighted by atomic mass is 32.2. The Labute approximate surface area is 177 Å². The number of rotatable bonds is 6. The van der Waals surface area contributed by atoms with Crippen LogP contribution in [0.1, 0.15) is 43.7 Å². The van der Waals surface area contributed by atoms with Crippen molar-refractivity contribution in [3.8, 4) is 0 Å². The van der Waals surface area contributed by atoms with Gasteiger partial charge < -0.3 is 9.88 Å². The normalized spacial score (nSPS) is 15.5. The first-order valence-corrected chi connectivity index (χ1v) is 11.9. The Kier molecular flexibility index (Phi) is 7.10. The highest BCUT2D eigenvalue weighted by molar-refractivity contribution is 7.89. The van der Waals surface area contributed by atoms with E-state index in [4.69, 9.17) is 0 Å². The lowest BCUT2D eigenvalue weighted by atomic mass is 10.1. The summed E-state index contributed by atoms with van der Waals surface area (Å²) in [7, 11) is -3.69. The minimum Gasteiger partial charge on any atom is -0.324 e. The molecule has 0 atom stereocenters. The second kappa shape index (κ2) is 9.57. The van der Waals surface area contributed by atoms with Crippen molar-refractivity contribution >= 4 is 21.6 Å². The molecule has 2 heterocycles. The summed E-state index contributed by atoms with van der Waals surface area (Å²) in [6.07, 6.45) is 5.74. The number of anilines is 1. The third-order valence-corrected chi connectivity index (χ3v) is 7.36. The van der Waals surface area contributed by atoms with Crippen molar-refractivity contribution in [3.63, 3.8) is 0 Å². The van der Waals surface area contributed by atoms with Crippen LogP contribution in [0.5, 0.6) is 0 Å². The van der Waals surface area contributed by atoms with E-state index in [1.807, 2.05) is 32.0 Å². The van der Waals surface area contributed by atoms with Crippen molar-refractivity contribution in [2.45, 2.75) is 57.4 Å². The SMILES string of the molecule is CCc1cccc(C)c1NC(=O)Cn1cc(S(=O)(=O)N2CCCCCC2)ccc1=O. The van der Waals surface area contributed by atoms with E-state index in [1.54, 1.807) is 0 Å². The van der Waals surface area contributed by atoms with Crippen LogP contribution in [0.2, 0.25) is 0 Å². The summed E-state index contributed by atoms with van der Waals surface area (Å²) in [5.74, 6) is -0.370. The third kappa shape index (κ3) is 4.99. The van der Waals surface area contributed by atoms with Gasteiger partial charge in [0.25, 0.3) is 5.56 Å². The largest absolute Gasteiger partial charge is 0.324 e. The first-order valence-electron chi connectivity index (χ1n) is 10.4. The number of benzene rings is 1. The quantitative estimate of drug-likeness (QED) is 0.762. The van der Waals surface area contributed by atoms with Crippen LogP contribution >= 0.6 is 0 Å². The lowest BCUT2D eigenvalue weighted by molar-refractivity contribution is -0.116. The number of nitrogens with one attached hydrogen (secondary N) is 1. The second-order valence-electron chi connectivity index (χ2n) is 7.66. The molecule has 30 heavy (non-hydrogen) atoms. The van der Waals surface area contributed by atoms with Gasteiger partial charge in [-0.1, -0.05) is 38.0 Å². The first-order chi connectivity index (χ1) is 14.3. The first kappa shape index (κ1) is 22.2. The molecule has 162 valence electrons. The Bertz CT molecular complexity index is 1070. The Morgan fingerprint density at radius 3 is 2.43 bits per heavy atom. The van der Waals surface area contributed by atoms with Gasteiger partial charge in [-0.25, -0.2) is 8.42 Å². The van der Waals surface area contributed by atoms with Crippen LogP contribution < -0.4 is 10.9 Å². The Morgan fingerprint density at radius 2 is 1.77 bits per heavy atom. The highest BCUT2D eigenvalue weighted by Gasteiger charge is 2.26. The van der Waals surface area contributed by atoms with E-state index in [9.17, 15) is 18.0 Å². The van der Waals surface area contributed by atoms with Crippen LogP contribution in [0.25, 0.3) is 0 Å². The molecular weight excluding hydrogens is 402 g/mol. The van der Waals surface area contributed by atoms with E-state index >= 15 is 0 Å². The van der Waals surface area contributed by atoms with Crippen molar-refractivity contribution < 1.29 is 13.2 Å². The zero-order valence-electron chi connectivity index (χ0n) is 17.6. The molecule has 7 nitrogen and oxygen atoms in total. The molecule has 1 aromatic carbocycles. The topological polar surface area (TPSA) is 88.5 Å². The number of para-hydroxylation sites is 1. The van der Waals surface area contributed by atoms with Gasteiger partial charge in [-0.2, -0.15) is 4.31 Å². The standard InChI is InChI=1S/C22H29N3O4S/c1-3-18-10-8-9-17(2)22(18)23-20(26)16-24-15-19(11-12-21(24)27)30(28,29)25-13-6-4-5-7-14-25/h8-12,15H,3-7,13-14,16H2,1-2H3,(H,23,26). The molecule has 8 heteroatoms. The van der Waals surface area contributed by atoms with E-state index in [-0.39, 0.29) is 17.3 Å². The maximum Gasteiger partial charge on any atom is 0.251 e. The number of carbonyl (C=O) groups excluding carboxylic acids is 1. The Morgan fingerprint density at radius 1 is 1.07 bits per heavy atom. The fraction of sp³-hybridized carbons (Fsp3) is 0.455. The Hall–Kier alpha value is -2.45. The van der Waals surface area contributed by atoms with Crippen LogP contribution in [-0.2, 0) is 27.8 Å². The van der Waals surface area contributed by atoms with Gasteiger partial charge in [0, 0.05) is 31.0 Å². The monoisotopic (exact) mass is 431 g/mol. The van der Waals surface area contributed by atoms with Gasteiger partial charge >= 0.3 is 0 Å². The molecule has 1 aliphatic heterocycles. The molecule has 1 fully saturated rings. The number of aryl methyl sites for hydroxylation is 2. The van der Waals surface area contributed by atoms with Gasteiger partial charge in [0.1, 0.15) is 6.54 Å². The number of pyridine rings is 1. The Balaban J connectivity index is 1.82. The fourth-order valence-corrected chi connectivity index (χ4v) is 5.29. The average molecular weight is 432 g/mol. The fourth-order valence-electron chi connectivity index (χ4n) is 3.75. The van der Waals surface area contributed by atoms with Crippen molar-refractivity contribution in [2.24, 2.45) is 0 Å². The molecule has 3 rings (SSSR count). The summed E-state index contributed by atoms with van der Waals surface area (Å²) in [5, 5.41) is 2.88. The molecule has 1 aliphatic rings.